The molecule has 1 aliphatic heterocycles. The Bertz CT molecular complexity index is 329. The first-order valence-corrected chi connectivity index (χ1v) is 9.06. The van der Waals surface area contributed by atoms with E-state index < -0.39 is 0 Å². The molecule has 1 heterocycles. The van der Waals surface area contributed by atoms with E-state index in [1.54, 1.807) is 18.7 Å². The maximum atomic E-state index is 11.9. The highest BCUT2D eigenvalue weighted by Crippen LogP contribution is 2.06. The minimum atomic E-state index is -0.358. The minimum absolute atomic E-state index is 0.281. The second kappa shape index (κ2) is 11.6. The fourth-order valence-corrected chi connectivity index (χ4v) is 3.25. The number of aliphatic hydroxyl groups is 2. The van der Waals surface area contributed by atoms with Crippen LogP contribution >= 0.6 is 0 Å². The van der Waals surface area contributed by atoms with E-state index in [2.05, 4.69) is 9.80 Å². The van der Waals surface area contributed by atoms with Gasteiger partial charge < -0.3 is 29.6 Å². The van der Waals surface area contributed by atoms with E-state index in [0.717, 1.165) is 45.4 Å². The van der Waals surface area contributed by atoms with Crippen molar-refractivity contribution in [1.29, 1.82) is 0 Å². The molecule has 0 aromatic rings. The van der Waals surface area contributed by atoms with Crippen molar-refractivity contribution in [2.75, 3.05) is 59.5 Å². The van der Waals surface area contributed by atoms with Crippen LogP contribution < -0.4 is 0 Å². The molecular formula is C17H35N3O4. The molecule has 7 heteroatoms. The summed E-state index contributed by atoms with van der Waals surface area (Å²) in [5.74, 6) is 0. The highest BCUT2D eigenvalue weighted by Gasteiger charge is 2.17. The molecule has 0 radical (unpaired) electrons. The van der Waals surface area contributed by atoms with Crippen LogP contribution in [0.15, 0.2) is 0 Å². The number of carbonyl (C=O) groups excluding carboxylic acids is 1. The van der Waals surface area contributed by atoms with Gasteiger partial charge in [0.05, 0.1) is 19.3 Å². The molecule has 2 N–H and O–H groups in total. The number of rotatable bonds is 4. The van der Waals surface area contributed by atoms with E-state index in [4.69, 9.17) is 4.74 Å². The quantitative estimate of drug-likeness (QED) is 0.777. The van der Waals surface area contributed by atoms with Gasteiger partial charge in [-0.15, -0.1) is 0 Å². The zero-order valence-corrected chi connectivity index (χ0v) is 15.5. The lowest BCUT2D eigenvalue weighted by Crippen LogP contribution is -2.41. The topological polar surface area (TPSA) is 76.5 Å². The SMILES string of the molecule is COC(=O)N1CCCN(CC(C)O)CCCN(CC(C)O)CCC1. The maximum Gasteiger partial charge on any atom is 0.409 e. The van der Waals surface area contributed by atoms with Gasteiger partial charge in [-0.3, -0.25) is 0 Å². The van der Waals surface area contributed by atoms with Crippen LogP contribution in [0.1, 0.15) is 33.1 Å². The smallest absolute Gasteiger partial charge is 0.409 e. The third-order valence-electron chi connectivity index (χ3n) is 4.23. The Kier molecular flexibility index (Phi) is 10.2. The van der Waals surface area contributed by atoms with Gasteiger partial charge in [-0.05, 0) is 59.3 Å². The molecule has 7 nitrogen and oxygen atoms in total. The number of hydrogen-bond acceptors (Lipinski definition) is 6. The lowest BCUT2D eigenvalue weighted by molar-refractivity contribution is 0.0928. The van der Waals surface area contributed by atoms with Crippen molar-refractivity contribution >= 4 is 6.09 Å². The molecule has 0 aliphatic carbocycles. The van der Waals surface area contributed by atoms with E-state index in [1.807, 2.05) is 0 Å². The van der Waals surface area contributed by atoms with Gasteiger partial charge in [-0.25, -0.2) is 4.79 Å². The van der Waals surface area contributed by atoms with Crippen molar-refractivity contribution in [1.82, 2.24) is 14.7 Å². The number of carbonyl (C=O) groups is 1. The van der Waals surface area contributed by atoms with E-state index in [1.165, 1.54) is 7.11 Å². The molecule has 0 bridgehead atoms. The van der Waals surface area contributed by atoms with Crippen molar-refractivity contribution in [3.05, 3.63) is 0 Å². The molecule has 0 spiro atoms. The molecule has 2 atom stereocenters. The predicted octanol–water partition coefficient (Wildman–Crippen LogP) is 0.604. The number of methoxy groups -OCH3 is 1. The predicted molar refractivity (Wildman–Crippen MR) is 94.1 cm³/mol. The molecule has 142 valence electrons. The Morgan fingerprint density at radius 3 is 1.58 bits per heavy atom. The lowest BCUT2D eigenvalue weighted by atomic mass is 10.2. The molecule has 1 saturated heterocycles. The fraction of sp³-hybridized carbons (Fsp3) is 0.941. The summed E-state index contributed by atoms with van der Waals surface area (Å²) >= 11 is 0. The summed E-state index contributed by atoms with van der Waals surface area (Å²) in [7, 11) is 1.41. The van der Waals surface area contributed by atoms with Gasteiger partial charge in [0.1, 0.15) is 0 Å². The molecule has 24 heavy (non-hydrogen) atoms. The summed E-state index contributed by atoms with van der Waals surface area (Å²) in [5.41, 5.74) is 0. The van der Waals surface area contributed by atoms with Gasteiger partial charge in [-0.1, -0.05) is 0 Å². The summed E-state index contributed by atoms with van der Waals surface area (Å²) in [6.45, 7) is 9.78. The van der Waals surface area contributed by atoms with Crippen LogP contribution in [0, 0.1) is 0 Å². The van der Waals surface area contributed by atoms with Gasteiger partial charge in [0.2, 0.25) is 0 Å². The van der Waals surface area contributed by atoms with Gasteiger partial charge in [0.25, 0.3) is 0 Å². The second-order valence-corrected chi connectivity index (χ2v) is 6.82. The summed E-state index contributed by atoms with van der Waals surface area (Å²) in [6.07, 6.45) is 1.76. The summed E-state index contributed by atoms with van der Waals surface area (Å²) in [5, 5.41) is 19.3. The van der Waals surface area contributed by atoms with E-state index in [0.29, 0.717) is 26.2 Å². The van der Waals surface area contributed by atoms with Gasteiger partial charge >= 0.3 is 6.09 Å². The highest BCUT2D eigenvalue weighted by atomic mass is 16.5. The number of hydrogen-bond donors (Lipinski definition) is 2. The first-order valence-electron chi connectivity index (χ1n) is 9.06. The summed E-state index contributed by atoms with van der Waals surface area (Å²) in [4.78, 5) is 18.2. The minimum Gasteiger partial charge on any atom is -0.453 e. The third kappa shape index (κ3) is 8.82. The molecule has 1 fully saturated rings. The third-order valence-corrected chi connectivity index (χ3v) is 4.23. The largest absolute Gasteiger partial charge is 0.453 e. The van der Waals surface area contributed by atoms with Crippen LogP contribution in [0.5, 0.6) is 0 Å². The van der Waals surface area contributed by atoms with E-state index in [9.17, 15) is 15.0 Å². The molecule has 0 aromatic carbocycles. The Morgan fingerprint density at radius 1 is 0.875 bits per heavy atom. The van der Waals surface area contributed by atoms with Crippen LogP contribution in [0.25, 0.3) is 0 Å². The monoisotopic (exact) mass is 345 g/mol. The first-order chi connectivity index (χ1) is 11.4. The second-order valence-electron chi connectivity index (χ2n) is 6.82. The average molecular weight is 345 g/mol. The van der Waals surface area contributed by atoms with Crippen molar-refractivity contribution in [3.63, 3.8) is 0 Å². The zero-order valence-electron chi connectivity index (χ0n) is 15.5. The lowest BCUT2D eigenvalue weighted by Gasteiger charge is -2.30. The summed E-state index contributed by atoms with van der Waals surface area (Å²) < 4.78 is 4.88. The molecule has 1 rings (SSSR count). The summed E-state index contributed by atoms with van der Waals surface area (Å²) in [6, 6.07) is 0. The van der Waals surface area contributed by atoms with Crippen LogP contribution in [-0.2, 0) is 4.74 Å². The maximum absolute atomic E-state index is 11.9. The zero-order chi connectivity index (χ0) is 17.9. The molecule has 0 aromatic heterocycles. The highest BCUT2D eigenvalue weighted by molar-refractivity contribution is 5.67. The number of ether oxygens (including phenoxy) is 1. The van der Waals surface area contributed by atoms with E-state index >= 15 is 0 Å². The molecule has 0 saturated carbocycles. The molecule has 2 unspecified atom stereocenters. The molecular weight excluding hydrogens is 310 g/mol. The number of β-amino-alcohol motifs (C(OH)–C–C–N with tert-alkyl or cyclic N) is 2. The van der Waals surface area contributed by atoms with Crippen LogP contribution in [0.2, 0.25) is 0 Å². The Hall–Kier alpha value is -0.890. The van der Waals surface area contributed by atoms with Gasteiger partial charge in [-0.2, -0.15) is 0 Å². The molecule has 1 amide bonds. The fourth-order valence-electron chi connectivity index (χ4n) is 3.25. The number of nitrogens with zero attached hydrogens (tertiary/aromatic N) is 3. The van der Waals surface area contributed by atoms with Crippen LogP contribution in [0.4, 0.5) is 4.79 Å². The standard InChI is InChI=1S/C17H35N3O4/c1-15(21)13-18-7-4-8-19(14-16(2)22)10-6-12-20(11-5-9-18)17(23)24-3/h15-16,21-22H,4-14H2,1-3H3. The van der Waals surface area contributed by atoms with Crippen LogP contribution in [0.3, 0.4) is 0 Å². The first kappa shape index (κ1) is 21.2. The van der Waals surface area contributed by atoms with Gasteiger partial charge in [0, 0.05) is 26.2 Å². The normalized spacial score (nSPS) is 22.3. The Morgan fingerprint density at radius 2 is 1.25 bits per heavy atom. The van der Waals surface area contributed by atoms with E-state index in [-0.39, 0.29) is 18.3 Å². The van der Waals surface area contributed by atoms with Crippen molar-refractivity contribution in [2.45, 2.75) is 45.3 Å². The van der Waals surface area contributed by atoms with Crippen molar-refractivity contribution in [2.24, 2.45) is 0 Å². The Balaban J connectivity index is 2.68. The van der Waals surface area contributed by atoms with Crippen molar-refractivity contribution in [3.8, 4) is 0 Å². The van der Waals surface area contributed by atoms with Crippen LogP contribution in [-0.4, -0.2) is 103 Å². The Labute approximate surface area is 146 Å². The number of amides is 1. The van der Waals surface area contributed by atoms with Crippen molar-refractivity contribution < 1.29 is 19.7 Å². The molecule has 1 aliphatic rings. The number of aliphatic hydroxyl groups excluding tert-OH is 2. The van der Waals surface area contributed by atoms with Gasteiger partial charge in [0.15, 0.2) is 0 Å². The average Bonchev–Trinajstić information content (AvgIpc) is 2.49.